The van der Waals surface area contributed by atoms with Crippen LogP contribution in [0.15, 0.2) is 0 Å². The van der Waals surface area contributed by atoms with Crippen molar-refractivity contribution in [3.05, 3.63) is 0 Å². The highest BCUT2D eigenvalue weighted by Crippen LogP contribution is 2.27. The van der Waals surface area contributed by atoms with Gasteiger partial charge in [-0.25, -0.2) is 0 Å². The summed E-state index contributed by atoms with van der Waals surface area (Å²) in [4.78, 5) is 10.2. The summed E-state index contributed by atoms with van der Waals surface area (Å²) in [5.74, 6) is 0.479. The average Bonchev–Trinajstić information content (AvgIpc) is 2.38. The molecule has 0 amide bonds. The number of rotatable bonds is 6. The average molecular weight is 257 g/mol. The Morgan fingerprint density at radius 3 is 2.11 bits per heavy atom. The van der Waals surface area contributed by atoms with Gasteiger partial charge in [0.1, 0.15) is 5.60 Å². The number of ether oxygens (including phenoxy) is 1. The van der Waals surface area contributed by atoms with Crippen molar-refractivity contribution in [2.24, 2.45) is 5.92 Å². The summed E-state index contributed by atoms with van der Waals surface area (Å²) in [6, 6.07) is 0. The SMILES string of the molecule is C1CCNCC1.CCCC(CC)C(C)(C)OC=O. The molecule has 3 heteroatoms. The lowest BCUT2D eigenvalue weighted by Gasteiger charge is -2.31. The van der Waals surface area contributed by atoms with Crippen LogP contribution in [-0.4, -0.2) is 25.2 Å². The molecule has 1 atom stereocenters. The summed E-state index contributed by atoms with van der Waals surface area (Å²) >= 11 is 0. The molecule has 1 aliphatic heterocycles. The molecular weight excluding hydrogens is 226 g/mol. The number of carbonyl (C=O) groups excluding carboxylic acids is 1. The molecule has 1 unspecified atom stereocenters. The number of hydrogen-bond donors (Lipinski definition) is 1. The van der Waals surface area contributed by atoms with Gasteiger partial charge < -0.3 is 10.1 Å². The van der Waals surface area contributed by atoms with Crippen molar-refractivity contribution < 1.29 is 9.53 Å². The fourth-order valence-electron chi connectivity index (χ4n) is 2.41. The molecule has 0 aliphatic carbocycles. The van der Waals surface area contributed by atoms with Crippen molar-refractivity contribution in [2.75, 3.05) is 13.1 Å². The number of piperidine rings is 1. The molecule has 1 heterocycles. The quantitative estimate of drug-likeness (QED) is 0.740. The Kier molecular flexibility index (Phi) is 10.0. The predicted molar refractivity (Wildman–Crippen MR) is 76.6 cm³/mol. The summed E-state index contributed by atoms with van der Waals surface area (Å²) in [5.41, 5.74) is -0.299. The van der Waals surface area contributed by atoms with Crippen LogP contribution in [-0.2, 0) is 9.53 Å². The van der Waals surface area contributed by atoms with Crippen LogP contribution >= 0.6 is 0 Å². The Bertz CT molecular complexity index is 189. The molecule has 1 fully saturated rings. The minimum absolute atomic E-state index is 0.299. The lowest BCUT2D eigenvalue weighted by molar-refractivity contribution is -0.145. The lowest BCUT2D eigenvalue weighted by Crippen LogP contribution is -2.33. The standard InChI is InChI=1S/C10H20O2.C5H11N/c1-5-7-9(6-2)10(3,4)12-8-11;1-2-4-6-5-3-1/h8-9H,5-7H2,1-4H3;6H,1-5H2. The lowest BCUT2D eigenvalue weighted by atomic mass is 9.85. The van der Waals surface area contributed by atoms with Gasteiger partial charge in [0.05, 0.1) is 0 Å². The van der Waals surface area contributed by atoms with Gasteiger partial charge in [-0.05, 0) is 58.5 Å². The van der Waals surface area contributed by atoms with E-state index in [9.17, 15) is 4.79 Å². The molecule has 18 heavy (non-hydrogen) atoms. The monoisotopic (exact) mass is 257 g/mol. The van der Waals surface area contributed by atoms with Crippen LogP contribution in [0.1, 0.15) is 66.2 Å². The summed E-state index contributed by atoms with van der Waals surface area (Å²) in [6.45, 7) is 11.3. The Morgan fingerprint density at radius 1 is 1.22 bits per heavy atom. The smallest absolute Gasteiger partial charge is 0.293 e. The summed E-state index contributed by atoms with van der Waals surface area (Å²) in [7, 11) is 0. The van der Waals surface area contributed by atoms with Gasteiger partial charge in [0.25, 0.3) is 6.47 Å². The minimum Gasteiger partial charge on any atom is -0.462 e. The van der Waals surface area contributed by atoms with E-state index < -0.39 is 0 Å². The van der Waals surface area contributed by atoms with E-state index in [1.165, 1.54) is 32.4 Å². The van der Waals surface area contributed by atoms with Gasteiger partial charge in [0, 0.05) is 0 Å². The largest absolute Gasteiger partial charge is 0.462 e. The maximum absolute atomic E-state index is 10.2. The third-order valence-electron chi connectivity index (χ3n) is 3.67. The molecule has 1 saturated heterocycles. The van der Waals surface area contributed by atoms with Crippen LogP contribution in [0.25, 0.3) is 0 Å². The minimum atomic E-state index is -0.299. The van der Waals surface area contributed by atoms with Crippen molar-refractivity contribution in [3.63, 3.8) is 0 Å². The Hall–Kier alpha value is -0.570. The van der Waals surface area contributed by atoms with Crippen molar-refractivity contribution >= 4 is 6.47 Å². The Morgan fingerprint density at radius 2 is 1.83 bits per heavy atom. The fraction of sp³-hybridized carbons (Fsp3) is 0.933. The van der Waals surface area contributed by atoms with Crippen LogP contribution in [0.5, 0.6) is 0 Å². The highest BCUT2D eigenvalue weighted by Gasteiger charge is 2.28. The second kappa shape index (κ2) is 10.4. The first-order valence-corrected chi connectivity index (χ1v) is 7.40. The van der Waals surface area contributed by atoms with E-state index in [1.807, 2.05) is 13.8 Å². The molecule has 0 saturated carbocycles. The molecular formula is C15H31NO2. The zero-order valence-electron chi connectivity index (χ0n) is 12.6. The van der Waals surface area contributed by atoms with Gasteiger partial charge in [-0.3, -0.25) is 4.79 Å². The molecule has 1 N–H and O–H groups in total. The highest BCUT2D eigenvalue weighted by atomic mass is 16.5. The fourth-order valence-corrected chi connectivity index (χ4v) is 2.41. The van der Waals surface area contributed by atoms with Crippen molar-refractivity contribution in [3.8, 4) is 0 Å². The van der Waals surface area contributed by atoms with Crippen LogP contribution < -0.4 is 5.32 Å². The van der Waals surface area contributed by atoms with E-state index in [0.29, 0.717) is 12.4 Å². The van der Waals surface area contributed by atoms with Crippen LogP contribution in [0.4, 0.5) is 0 Å². The normalized spacial score (nSPS) is 17.3. The second-order valence-corrected chi connectivity index (χ2v) is 5.52. The molecule has 0 aromatic rings. The van der Waals surface area contributed by atoms with Gasteiger partial charge in [0.2, 0.25) is 0 Å². The van der Waals surface area contributed by atoms with Crippen molar-refractivity contribution in [1.82, 2.24) is 5.32 Å². The van der Waals surface area contributed by atoms with E-state index in [0.717, 1.165) is 19.3 Å². The zero-order valence-corrected chi connectivity index (χ0v) is 12.6. The molecule has 0 bridgehead atoms. The molecule has 0 spiro atoms. The Balaban J connectivity index is 0.000000397. The molecule has 1 aliphatic rings. The maximum atomic E-state index is 10.2. The van der Waals surface area contributed by atoms with Crippen LogP contribution in [0.2, 0.25) is 0 Å². The third kappa shape index (κ3) is 7.70. The summed E-state index contributed by atoms with van der Waals surface area (Å²) < 4.78 is 5.05. The van der Waals surface area contributed by atoms with E-state index in [2.05, 4.69) is 19.2 Å². The number of hydrogen-bond acceptors (Lipinski definition) is 3. The van der Waals surface area contributed by atoms with E-state index in [-0.39, 0.29) is 5.60 Å². The molecule has 108 valence electrons. The first-order chi connectivity index (χ1) is 8.58. The zero-order chi connectivity index (χ0) is 13.9. The summed E-state index contributed by atoms with van der Waals surface area (Å²) in [5, 5.41) is 3.28. The van der Waals surface area contributed by atoms with Gasteiger partial charge in [-0.2, -0.15) is 0 Å². The second-order valence-electron chi connectivity index (χ2n) is 5.52. The molecule has 0 radical (unpaired) electrons. The number of nitrogens with one attached hydrogen (secondary N) is 1. The van der Waals surface area contributed by atoms with Gasteiger partial charge >= 0.3 is 0 Å². The Labute approximate surface area is 113 Å². The van der Waals surface area contributed by atoms with Crippen molar-refractivity contribution in [2.45, 2.75) is 71.8 Å². The van der Waals surface area contributed by atoms with Gasteiger partial charge in [-0.15, -0.1) is 0 Å². The molecule has 0 aromatic heterocycles. The van der Waals surface area contributed by atoms with Crippen molar-refractivity contribution in [1.29, 1.82) is 0 Å². The summed E-state index contributed by atoms with van der Waals surface area (Å²) in [6.07, 6.45) is 7.54. The first kappa shape index (κ1) is 17.4. The number of carbonyl (C=O) groups is 1. The molecule has 0 aromatic carbocycles. The predicted octanol–water partition coefficient (Wildman–Crippen LogP) is 3.52. The van der Waals surface area contributed by atoms with Crippen LogP contribution in [0, 0.1) is 5.92 Å². The molecule has 1 rings (SSSR count). The van der Waals surface area contributed by atoms with E-state index in [1.54, 1.807) is 0 Å². The molecule has 3 nitrogen and oxygen atoms in total. The third-order valence-corrected chi connectivity index (χ3v) is 3.67. The first-order valence-electron chi connectivity index (χ1n) is 7.40. The van der Waals surface area contributed by atoms with E-state index in [4.69, 9.17) is 4.74 Å². The van der Waals surface area contributed by atoms with Gasteiger partial charge in [0.15, 0.2) is 0 Å². The van der Waals surface area contributed by atoms with Crippen LogP contribution in [0.3, 0.4) is 0 Å². The highest BCUT2D eigenvalue weighted by molar-refractivity contribution is 5.38. The van der Waals surface area contributed by atoms with E-state index >= 15 is 0 Å². The topological polar surface area (TPSA) is 38.3 Å². The maximum Gasteiger partial charge on any atom is 0.293 e. The van der Waals surface area contributed by atoms with Gasteiger partial charge in [-0.1, -0.05) is 26.7 Å².